The summed E-state index contributed by atoms with van der Waals surface area (Å²) >= 11 is 0. The summed E-state index contributed by atoms with van der Waals surface area (Å²) in [6.45, 7) is 4.85. The van der Waals surface area contributed by atoms with Gasteiger partial charge in [-0.3, -0.25) is 9.59 Å². The van der Waals surface area contributed by atoms with E-state index < -0.39 is 30.6 Å². The lowest BCUT2D eigenvalue weighted by Gasteiger charge is -2.20. The van der Waals surface area contributed by atoms with Gasteiger partial charge in [-0.15, -0.1) is 0 Å². The molecule has 2 amide bonds. The highest BCUT2D eigenvalue weighted by Gasteiger charge is 2.18. The highest BCUT2D eigenvalue weighted by atomic mass is 16.5. The number of nitriles is 1. The number of fused-ring (bicyclic) bond motifs is 1. The fourth-order valence-electron chi connectivity index (χ4n) is 4.45. The van der Waals surface area contributed by atoms with E-state index in [1.54, 1.807) is 19.1 Å². The molecule has 212 valence electrons. The van der Waals surface area contributed by atoms with E-state index in [0.717, 1.165) is 22.4 Å². The van der Waals surface area contributed by atoms with Crippen molar-refractivity contribution in [3.05, 3.63) is 89.2 Å². The third-order valence-electron chi connectivity index (χ3n) is 6.44. The number of carbonyl (C=O) groups is 2. The average molecular weight is 556 g/mol. The number of amides is 2. The van der Waals surface area contributed by atoms with Crippen LogP contribution < -0.4 is 15.4 Å². The first-order valence-electron chi connectivity index (χ1n) is 13.3. The minimum absolute atomic E-state index is 0.0983. The summed E-state index contributed by atoms with van der Waals surface area (Å²) in [5.74, 6) is -0.556. The number of carbonyl (C=O) groups excluding carboxylic acids is 2. The molecular weight excluding hydrogens is 522 g/mol. The molecule has 10 heteroatoms. The van der Waals surface area contributed by atoms with Crippen LogP contribution in [0.5, 0.6) is 5.75 Å². The largest absolute Gasteiger partial charge is 0.490 e. The first-order valence-corrected chi connectivity index (χ1v) is 13.3. The molecule has 2 unspecified atom stereocenters. The zero-order chi connectivity index (χ0) is 29.5. The molecule has 0 aliphatic carbocycles. The molecule has 0 radical (unpaired) electrons. The highest BCUT2D eigenvalue weighted by Crippen LogP contribution is 2.25. The maximum atomic E-state index is 13.1. The second-order valence-electron chi connectivity index (χ2n) is 10.0. The molecule has 2 heterocycles. The molecule has 4 aromatic rings. The highest BCUT2D eigenvalue weighted by molar-refractivity contribution is 5.95. The van der Waals surface area contributed by atoms with Crippen LogP contribution >= 0.6 is 0 Å². The lowest BCUT2D eigenvalue weighted by molar-refractivity contribution is -0.123. The van der Waals surface area contributed by atoms with Gasteiger partial charge in [0.2, 0.25) is 5.91 Å². The number of hydrogen-bond donors (Lipinski definition) is 4. The number of aromatic nitrogens is 2. The standard InChI is InChI=1S/C31H33N5O5/c1-19(2)41-28-11-10-23(14-24(28)15-32)31(40)34-25(16-33-29(39)18-37)13-21-6-8-22(9-7-21)27-17-36-12-4-5-26(20(3)38)30(36)35-27/h4-12,14,17,19-20,25,37-38H,13,16,18H2,1-3H3,(H,33,39)(H,34,40). The van der Waals surface area contributed by atoms with Gasteiger partial charge < -0.3 is 30.0 Å². The Morgan fingerprint density at radius 2 is 1.88 bits per heavy atom. The van der Waals surface area contributed by atoms with Crippen molar-refractivity contribution in [3.63, 3.8) is 0 Å². The summed E-state index contributed by atoms with van der Waals surface area (Å²) < 4.78 is 7.52. The van der Waals surface area contributed by atoms with Crippen molar-refractivity contribution in [1.29, 1.82) is 5.26 Å². The number of aliphatic hydroxyl groups is 2. The van der Waals surface area contributed by atoms with Crippen LogP contribution in [0.2, 0.25) is 0 Å². The van der Waals surface area contributed by atoms with Crippen molar-refractivity contribution in [2.24, 2.45) is 0 Å². The smallest absolute Gasteiger partial charge is 0.251 e. The summed E-state index contributed by atoms with van der Waals surface area (Å²) in [7, 11) is 0. The number of benzene rings is 2. The molecular formula is C31H33N5O5. The number of nitrogens with one attached hydrogen (secondary N) is 2. The molecule has 2 aromatic carbocycles. The number of aliphatic hydroxyl groups excluding tert-OH is 2. The van der Waals surface area contributed by atoms with E-state index in [1.165, 1.54) is 6.07 Å². The topological polar surface area (TPSA) is 149 Å². The quantitative estimate of drug-likeness (QED) is 0.222. The second kappa shape index (κ2) is 13.1. The molecule has 4 rings (SSSR count). The number of rotatable bonds is 11. The number of imidazole rings is 1. The van der Waals surface area contributed by atoms with Gasteiger partial charge in [0, 0.05) is 35.6 Å². The lowest BCUT2D eigenvalue weighted by Crippen LogP contribution is -2.45. The molecule has 0 saturated carbocycles. The van der Waals surface area contributed by atoms with Crippen LogP contribution in [0.4, 0.5) is 0 Å². The van der Waals surface area contributed by atoms with Gasteiger partial charge >= 0.3 is 0 Å². The number of hydrogen-bond acceptors (Lipinski definition) is 7. The van der Waals surface area contributed by atoms with Crippen LogP contribution in [0.25, 0.3) is 16.9 Å². The Balaban J connectivity index is 1.51. The van der Waals surface area contributed by atoms with E-state index in [9.17, 15) is 20.0 Å². The van der Waals surface area contributed by atoms with Crippen molar-refractivity contribution in [3.8, 4) is 23.1 Å². The Morgan fingerprint density at radius 1 is 1.12 bits per heavy atom. The molecule has 2 aromatic heterocycles. The summed E-state index contributed by atoms with van der Waals surface area (Å²) in [4.78, 5) is 29.5. The molecule has 4 N–H and O–H groups in total. The molecule has 10 nitrogen and oxygen atoms in total. The zero-order valence-corrected chi connectivity index (χ0v) is 23.2. The Morgan fingerprint density at radius 3 is 2.54 bits per heavy atom. The van der Waals surface area contributed by atoms with Gasteiger partial charge in [-0.05, 0) is 57.0 Å². The minimum atomic E-state index is -0.659. The molecule has 0 saturated heterocycles. The van der Waals surface area contributed by atoms with Gasteiger partial charge in [-0.2, -0.15) is 5.26 Å². The van der Waals surface area contributed by atoms with Gasteiger partial charge in [0.15, 0.2) is 0 Å². The number of nitrogens with zero attached hydrogens (tertiary/aromatic N) is 3. The molecule has 41 heavy (non-hydrogen) atoms. The maximum absolute atomic E-state index is 13.1. The Kier molecular flexibility index (Phi) is 9.34. The Bertz CT molecular complexity index is 1570. The molecule has 0 aliphatic heterocycles. The summed E-state index contributed by atoms with van der Waals surface area (Å²) in [6.07, 6.45) is 3.41. The molecule has 0 bridgehead atoms. The molecule has 0 fully saturated rings. The van der Waals surface area contributed by atoms with Crippen molar-refractivity contribution in [2.45, 2.75) is 45.4 Å². The van der Waals surface area contributed by atoms with E-state index in [4.69, 9.17) is 14.8 Å². The van der Waals surface area contributed by atoms with Crippen molar-refractivity contribution < 1.29 is 24.5 Å². The SMILES string of the molecule is CC(C)Oc1ccc(C(=O)NC(CNC(=O)CO)Cc2ccc(-c3cn4cccc(C(C)O)c4n3)cc2)cc1C#N. The van der Waals surface area contributed by atoms with Gasteiger partial charge in [-0.25, -0.2) is 4.98 Å². The average Bonchev–Trinajstić information content (AvgIpc) is 3.40. The van der Waals surface area contributed by atoms with Crippen molar-refractivity contribution >= 4 is 17.5 Å². The monoisotopic (exact) mass is 555 g/mol. The zero-order valence-electron chi connectivity index (χ0n) is 23.2. The van der Waals surface area contributed by atoms with Crippen LogP contribution in [-0.4, -0.2) is 56.7 Å². The van der Waals surface area contributed by atoms with Crippen molar-refractivity contribution in [2.75, 3.05) is 13.2 Å². The third kappa shape index (κ3) is 7.28. The van der Waals surface area contributed by atoms with Crippen LogP contribution in [0.3, 0.4) is 0 Å². The molecule has 0 spiro atoms. The minimum Gasteiger partial charge on any atom is -0.490 e. The van der Waals surface area contributed by atoms with Gasteiger partial charge in [-0.1, -0.05) is 30.3 Å². The maximum Gasteiger partial charge on any atom is 0.251 e. The molecule has 0 aliphatic rings. The number of pyridine rings is 1. The van der Waals surface area contributed by atoms with Gasteiger partial charge in [0.1, 0.15) is 24.1 Å². The van der Waals surface area contributed by atoms with Gasteiger partial charge in [0.25, 0.3) is 5.91 Å². The first-order chi connectivity index (χ1) is 19.7. The summed E-state index contributed by atoms with van der Waals surface area (Å²) in [5.41, 5.74) is 4.51. The summed E-state index contributed by atoms with van der Waals surface area (Å²) in [5, 5.41) is 34.3. The van der Waals surface area contributed by atoms with Crippen LogP contribution in [0.1, 0.15) is 53.9 Å². The predicted molar refractivity (Wildman–Crippen MR) is 153 cm³/mol. The summed E-state index contributed by atoms with van der Waals surface area (Å²) in [6, 6.07) is 17.6. The normalized spacial score (nSPS) is 12.5. The predicted octanol–water partition coefficient (Wildman–Crippen LogP) is 3.16. The van der Waals surface area contributed by atoms with E-state index in [-0.39, 0.29) is 23.8 Å². The second-order valence-corrected chi connectivity index (χ2v) is 10.0. The Hall–Kier alpha value is -4.72. The fourth-order valence-corrected chi connectivity index (χ4v) is 4.45. The first kappa shape index (κ1) is 29.3. The number of ether oxygens (including phenoxy) is 1. The van der Waals surface area contributed by atoms with Crippen LogP contribution in [-0.2, 0) is 11.2 Å². The van der Waals surface area contributed by atoms with Gasteiger partial charge in [0.05, 0.1) is 29.5 Å². The third-order valence-corrected chi connectivity index (χ3v) is 6.44. The molecule has 2 atom stereocenters. The van der Waals surface area contributed by atoms with E-state index in [2.05, 4.69) is 16.7 Å². The Labute approximate surface area is 238 Å². The fraction of sp³-hybridized carbons (Fsp3) is 0.290. The van der Waals surface area contributed by atoms with Crippen molar-refractivity contribution in [1.82, 2.24) is 20.0 Å². The van der Waals surface area contributed by atoms with Crippen LogP contribution in [0.15, 0.2) is 67.0 Å². The van der Waals surface area contributed by atoms with E-state index >= 15 is 0 Å². The van der Waals surface area contributed by atoms with E-state index in [1.807, 2.05) is 67.0 Å². The van der Waals surface area contributed by atoms with E-state index in [0.29, 0.717) is 17.8 Å². The van der Waals surface area contributed by atoms with Crippen LogP contribution in [0, 0.1) is 11.3 Å². The lowest BCUT2D eigenvalue weighted by atomic mass is 10.0.